The fourth-order valence-corrected chi connectivity index (χ4v) is 2.78. The van der Waals surface area contributed by atoms with E-state index in [4.69, 9.17) is 4.74 Å². The van der Waals surface area contributed by atoms with E-state index in [1.165, 1.54) is 18.9 Å². The van der Waals surface area contributed by atoms with Gasteiger partial charge in [-0.1, -0.05) is 29.8 Å². The van der Waals surface area contributed by atoms with Gasteiger partial charge in [0.05, 0.1) is 18.4 Å². The Morgan fingerprint density at radius 2 is 1.87 bits per heavy atom. The Morgan fingerprint density at radius 1 is 1.13 bits per heavy atom. The minimum Gasteiger partial charge on any atom is -0.465 e. The highest BCUT2D eigenvalue weighted by Gasteiger charge is 2.07. The topological polar surface area (TPSA) is 55.4 Å². The van der Waals surface area contributed by atoms with E-state index in [2.05, 4.69) is 5.32 Å². The second kappa shape index (κ2) is 8.39. The van der Waals surface area contributed by atoms with E-state index in [1.54, 1.807) is 12.1 Å². The summed E-state index contributed by atoms with van der Waals surface area (Å²) in [5.41, 5.74) is 3.47. The maximum Gasteiger partial charge on any atom is 0.337 e. The number of esters is 1. The highest BCUT2D eigenvalue weighted by atomic mass is 32.2. The molecular formula is C18H19NO3S. The molecule has 0 bridgehead atoms. The van der Waals surface area contributed by atoms with Crippen molar-refractivity contribution in [2.24, 2.45) is 0 Å². The molecule has 0 aliphatic carbocycles. The molecule has 0 aliphatic rings. The average Bonchev–Trinajstić information content (AvgIpc) is 2.56. The largest absolute Gasteiger partial charge is 0.465 e. The second-order valence-corrected chi connectivity index (χ2v) is 6.08. The van der Waals surface area contributed by atoms with Gasteiger partial charge in [-0.15, -0.1) is 11.8 Å². The van der Waals surface area contributed by atoms with Gasteiger partial charge in [0.2, 0.25) is 5.91 Å². The molecule has 2 aromatic carbocycles. The maximum absolute atomic E-state index is 11.9. The van der Waals surface area contributed by atoms with Crippen molar-refractivity contribution in [3.8, 4) is 0 Å². The van der Waals surface area contributed by atoms with Gasteiger partial charge in [0.25, 0.3) is 0 Å². The number of hydrogen-bond acceptors (Lipinski definition) is 4. The first kappa shape index (κ1) is 17.1. The van der Waals surface area contributed by atoms with Crippen LogP contribution in [0.25, 0.3) is 0 Å². The molecule has 0 saturated carbocycles. The van der Waals surface area contributed by atoms with Crippen LogP contribution in [-0.2, 0) is 15.3 Å². The van der Waals surface area contributed by atoms with Gasteiger partial charge in [-0.05, 0) is 36.8 Å². The van der Waals surface area contributed by atoms with Gasteiger partial charge in [-0.2, -0.15) is 0 Å². The molecule has 23 heavy (non-hydrogen) atoms. The number of anilines is 1. The molecule has 5 heteroatoms. The third-order valence-corrected chi connectivity index (χ3v) is 4.19. The van der Waals surface area contributed by atoms with Gasteiger partial charge in [0, 0.05) is 11.4 Å². The third kappa shape index (κ3) is 5.45. The van der Waals surface area contributed by atoms with Crippen LogP contribution in [0, 0.1) is 6.92 Å². The van der Waals surface area contributed by atoms with Crippen LogP contribution in [0.2, 0.25) is 0 Å². The molecule has 0 spiro atoms. The van der Waals surface area contributed by atoms with Gasteiger partial charge in [0.1, 0.15) is 0 Å². The van der Waals surface area contributed by atoms with E-state index in [-0.39, 0.29) is 11.9 Å². The Bertz CT molecular complexity index is 683. The Hall–Kier alpha value is -2.27. The molecule has 0 atom stereocenters. The molecule has 0 radical (unpaired) electrons. The van der Waals surface area contributed by atoms with E-state index in [0.29, 0.717) is 17.1 Å². The van der Waals surface area contributed by atoms with Crippen LogP contribution in [0.4, 0.5) is 5.69 Å². The fraction of sp³-hybridized carbons (Fsp3) is 0.222. The minimum atomic E-state index is -0.353. The molecule has 0 aliphatic heterocycles. The number of thioether (sulfide) groups is 1. The number of aryl methyl sites for hydroxylation is 1. The van der Waals surface area contributed by atoms with Crippen LogP contribution in [0.3, 0.4) is 0 Å². The number of amides is 1. The standard InChI is InChI=1S/C18H19NO3S/c1-13-6-8-16(9-7-13)19-17(20)12-23-11-14-4-3-5-15(10-14)18(21)22-2/h3-10H,11-12H2,1-2H3,(H,19,20). The molecule has 0 saturated heterocycles. The minimum absolute atomic E-state index is 0.0389. The van der Waals surface area contributed by atoms with E-state index >= 15 is 0 Å². The normalized spacial score (nSPS) is 10.2. The zero-order valence-electron chi connectivity index (χ0n) is 13.2. The summed E-state index contributed by atoms with van der Waals surface area (Å²) >= 11 is 1.50. The van der Waals surface area contributed by atoms with Gasteiger partial charge < -0.3 is 10.1 Å². The highest BCUT2D eigenvalue weighted by Crippen LogP contribution is 2.15. The van der Waals surface area contributed by atoms with Crippen LogP contribution in [0.1, 0.15) is 21.5 Å². The first-order valence-electron chi connectivity index (χ1n) is 7.20. The van der Waals surface area contributed by atoms with Gasteiger partial charge in [-0.3, -0.25) is 4.79 Å². The number of carbonyl (C=O) groups is 2. The zero-order valence-corrected chi connectivity index (χ0v) is 14.0. The Kier molecular flexibility index (Phi) is 6.23. The predicted molar refractivity (Wildman–Crippen MR) is 93.8 cm³/mol. The molecule has 120 valence electrons. The summed E-state index contributed by atoms with van der Waals surface area (Å²) in [5, 5.41) is 2.86. The van der Waals surface area contributed by atoms with Crippen molar-refractivity contribution in [3.63, 3.8) is 0 Å². The summed E-state index contributed by atoms with van der Waals surface area (Å²) in [4.78, 5) is 23.4. The molecule has 4 nitrogen and oxygen atoms in total. The van der Waals surface area contributed by atoms with Crippen LogP contribution < -0.4 is 5.32 Å². The quantitative estimate of drug-likeness (QED) is 0.822. The van der Waals surface area contributed by atoms with Gasteiger partial charge in [0.15, 0.2) is 0 Å². The highest BCUT2D eigenvalue weighted by molar-refractivity contribution is 7.99. The van der Waals surface area contributed by atoms with Crippen molar-refractivity contribution in [2.45, 2.75) is 12.7 Å². The monoisotopic (exact) mass is 329 g/mol. The lowest BCUT2D eigenvalue weighted by Crippen LogP contribution is -2.14. The van der Waals surface area contributed by atoms with Crippen molar-refractivity contribution in [2.75, 3.05) is 18.2 Å². The number of ether oxygens (including phenoxy) is 1. The van der Waals surface area contributed by atoms with Crippen LogP contribution in [-0.4, -0.2) is 24.7 Å². The lowest BCUT2D eigenvalue weighted by Gasteiger charge is -2.06. The first-order chi connectivity index (χ1) is 11.1. The Labute approximate surface area is 140 Å². The third-order valence-electron chi connectivity index (χ3n) is 3.19. The lowest BCUT2D eigenvalue weighted by molar-refractivity contribution is -0.113. The molecule has 2 aromatic rings. The molecule has 0 fully saturated rings. The molecule has 0 aromatic heterocycles. The summed E-state index contributed by atoms with van der Waals surface area (Å²) in [6.45, 7) is 2.00. The van der Waals surface area contributed by atoms with Crippen molar-refractivity contribution >= 4 is 29.3 Å². The predicted octanol–water partition coefficient (Wildman–Crippen LogP) is 3.65. The number of hydrogen-bond donors (Lipinski definition) is 1. The summed E-state index contributed by atoms with van der Waals surface area (Å²) in [5.74, 6) is 0.625. The number of rotatable bonds is 6. The summed E-state index contributed by atoms with van der Waals surface area (Å²) < 4.78 is 4.70. The van der Waals surface area contributed by atoms with Crippen LogP contribution in [0.15, 0.2) is 48.5 Å². The Morgan fingerprint density at radius 3 is 2.57 bits per heavy atom. The molecule has 2 rings (SSSR count). The number of methoxy groups -OCH3 is 1. The zero-order chi connectivity index (χ0) is 16.7. The van der Waals surface area contributed by atoms with E-state index in [0.717, 1.165) is 16.8 Å². The average molecular weight is 329 g/mol. The molecule has 0 unspecified atom stereocenters. The van der Waals surface area contributed by atoms with Crippen molar-refractivity contribution < 1.29 is 14.3 Å². The lowest BCUT2D eigenvalue weighted by atomic mass is 10.1. The first-order valence-corrected chi connectivity index (χ1v) is 8.35. The number of carbonyl (C=O) groups excluding carboxylic acids is 2. The fourth-order valence-electron chi connectivity index (χ4n) is 2.00. The summed E-state index contributed by atoms with van der Waals surface area (Å²) in [7, 11) is 1.36. The van der Waals surface area contributed by atoms with Gasteiger partial charge >= 0.3 is 5.97 Å². The molecule has 1 N–H and O–H groups in total. The maximum atomic E-state index is 11.9. The molecular weight excluding hydrogens is 310 g/mol. The van der Waals surface area contributed by atoms with Crippen LogP contribution in [0.5, 0.6) is 0 Å². The van der Waals surface area contributed by atoms with Gasteiger partial charge in [-0.25, -0.2) is 4.79 Å². The number of benzene rings is 2. The molecule has 1 amide bonds. The second-order valence-electron chi connectivity index (χ2n) is 5.10. The van der Waals surface area contributed by atoms with Crippen molar-refractivity contribution in [1.82, 2.24) is 0 Å². The molecule has 0 heterocycles. The van der Waals surface area contributed by atoms with E-state index in [1.807, 2.05) is 43.3 Å². The van der Waals surface area contributed by atoms with Crippen LogP contribution >= 0.6 is 11.8 Å². The van der Waals surface area contributed by atoms with Crippen molar-refractivity contribution in [1.29, 1.82) is 0 Å². The Balaban J connectivity index is 1.81. The summed E-state index contributed by atoms with van der Waals surface area (Å²) in [6, 6.07) is 14.9. The smallest absolute Gasteiger partial charge is 0.337 e. The SMILES string of the molecule is COC(=O)c1cccc(CSCC(=O)Nc2ccc(C)cc2)c1. The van der Waals surface area contributed by atoms with E-state index in [9.17, 15) is 9.59 Å². The number of nitrogens with one attached hydrogen (secondary N) is 1. The van der Waals surface area contributed by atoms with E-state index < -0.39 is 0 Å². The summed E-state index contributed by atoms with van der Waals surface area (Å²) in [6.07, 6.45) is 0. The van der Waals surface area contributed by atoms with Crippen molar-refractivity contribution in [3.05, 3.63) is 65.2 Å².